The highest BCUT2D eigenvalue weighted by molar-refractivity contribution is 7.89. The Balaban J connectivity index is 1.44. The monoisotopic (exact) mass is 405 g/mol. The Morgan fingerprint density at radius 2 is 1.75 bits per heavy atom. The summed E-state index contributed by atoms with van der Waals surface area (Å²) >= 11 is 0. The Hall–Kier alpha value is -1.96. The number of para-hydroxylation sites is 1. The van der Waals surface area contributed by atoms with Gasteiger partial charge in [0.15, 0.2) is 0 Å². The Kier molecular flexibility index (Phi) is 6.69. The van der Waals surface area contributed by atoms with Gasteiger partial charge in [-0.25, -0.2) is 17.5 Å². The maximum Gasteiger partial charge on any atom is 0.240 e. The smallest absolute Gasteiger partial charge is 0.240 e. The molecule has 1 aliphatic heterocycles. The first-order valence-corrected chi connectivity index (χ1v) is 11.1. The molecule has 0 saturated carbocycles. The van der Waals surface area contributed by atoms with Crippen LogP contribution in [0, 0.1) is 19.7 Å². The zero-order chi connectivity index (χ0) is 20.1. The topological polar surface area (TPSA) is 52.7 Å². The van der Waals surface area contributed by atoms with Crippen molar-refractivity contribution in [2.24, 2.45) is 0 Å². The fraction of sp³-hybridized carbons (Fsp3) is 0.429. The highest BCUT2D eigenvalue weighted by atomic mass is 32.2. The molecule has 0 atom stereocenters. The first-order valence-electron chi connectivity index (χ1n) is 9.65. The van der Waals surface area contributed by atoms with E-state index in [0.717, 1.165) is 50.3 Å². The van der Waals surface area contributed by atoms with E-state index in [-0.39, 0.29) is 5.82 Å². The number of rotatable bonds is 7. The summed E-state index contributed by atoms with van der Waals surface area (Å²) in [5, 5.41) is 0. The number of hydrogen-bond donors (Lipinski definition) is 1. The van der Waals surface area contributed by atoms with Crippen LogP contribution in [-0.4, -0.2) is 52.6 Å². The number of sulfonamides is 1. The summed E-state index contributed by atoms with van der Waals surface area (Å²) < 4.78 is 41.7. The molecule has 0 unspecified atom stereocenters. The van der Waals surface area contributed by atoms with Crippen LogP contribution in [0.5, 0.6) is 0 Å². The Labute approximate surface area is 167 Å². The lowest BCUT2D eigenvalue weighted by Crippen LogP contribution is -2.47. The Morgan fingerprint density at radius 1 is 1.04 bits per heavy atom. The van der Waals surface area contributed by atoms with Gasteiger partial charge in [-0.2, -0.15) is 0 Å². The quantitative estimate of drug-likeness (QED) is 0.720. The molecule has 3 rings (SSSR count). The number of aryl methyl sites for hydroxylation is 2. The predicted octanol–water partition coefficient (Wildman–Crippen LogP) is 2.93. The van der Waals surface area contributed by atoms with E-state index in [0.29, 0.717) is 17.1 Å². The largest absolute Gasteiger partial charge is 0.367 e. The summed E-state index contributed by atoms with van der Waals surface area (Å²) in [5.74, 6) is -0.184. The van der Waals surface area contributed by atoms with Crippen LogP contribution in [0.3, 0.4) is 0 Å². The van der Waals surface area contributed by atoms with Crippen molar-refractivity contribution in [3.8, 4) is 0 Å². The van der Waals surface area contributed by atoms with Crippen LogP contribution in [0.1, 0.15) is 17.5 Å². The van der Waals surface area contributed by atoms with Crippen molar-refractivity contribution in [3.63, 3.8) is 0 Å². The van der Waals surface area contributed by atoms with Gasteiger partial charge in [-0.05, 0) is 56.1 Å². The second kappa shape index (κ2) is 9.03. The van der Waals surface area contributed by atoms with Gasteiger partial charge < -0.3 is 4.90 Å². The molecular formula is C21H28FN3O2S. The minimum Gasteiger partial charge on any atom is -0.367 e. The van der Waals surface area contributed by atoms with Crippen LogP contribution < -0.4 is 9.62 Å². The van der Waals surface area contributed by atoms with Crippen LogP contribution in [-0.2, 0) is 10.0 Å². The predicted molar refractivity (Wildman–Crippen MR) is 111 cm³/mol. The number of benzene rings is 2. The molecule has 0 aliphatic carbocycles. The van der Waals surface area contributed by atoms with Crippen LogP contribution in [0.2, 0.25) is 0 Å². The average molecular weight is 406 g/mol. The van der Waals surface area contributed by atoms with E-state index in [4.69, 9.17) is 0 Å². The molecule has 1 fully saturated rings. The van der Waals surface area contributed by atoms with Crippen molar-refractivity contribution in [2.75, 3.05) is 44.2 Å². The SMILES string of the molecule is Cc1ccc(C)c(S(=O)(=O)NCCCN2CCN(c3ccccc3F)CC2)c1. The van der Waals surface area contributed by atoms with Gasteiger partial charge >= 0.3 is 0 Å². The van der Waals surface area contributed by atoms with Crippen molar-refractivity contribution in [3.05, 3.63) is 59.4 Å². The van der Waals surface area contributed by atoms with E-state index in [2.05, 4.69) is 14.5 Å². The third-order valence-electron chi connectivity index (χ3n) is 5.14. The summed E-state index contributed by atoms with van der Waals surface area (Å²) in [6.45, 7) is 8.16. The molecule has 0 spiro atoms. The van der Waals surface area contributed by atoms with E-state index in [1.54, 1.807) is 12.1 Å². The standard InChI is InChI=1S/C21H28FN3O2S/c1-17-8-9-18(2)21(16-17)28(26,27)23-10-5-11-24-12-14-25(15-13-24)20-7-4-3-6-19(20)22/h3-4,6-9,16,23H,5,10-15H2,1-2H3. The van der Waals surface area contributed by atoms with Gasteiger partial charge in [0.2, 0.25) is 10.0 Å². The minimum absolute atomic E-state index is 0.184. The molecule has 7 heteroatoms. The molecule has 152 valence electrons. The highest BCUT2D eigenvalue weighted by Gasteiger charge is 2.20. The van der Waals surface area contributed by atoms with Gasteiger partial charge in [-0.1, -0.05) is 24.3 Å². The van der Waals surface area contributed by atoms with E-state index in [9.17, 15) is 12.8 Å². The number of halogens is 1. The van der Waals surface area contributed by atoms with Crippen molar-refractivity contribution in [1.29, 1.82) is 0 Å². The summed E-state index contributed by atoms with van der Waals surface area (Å²) in [7, 11) is -3.48. The third-order valence-corrected chi connectivity index (χ3v) is 6.74. The maximum absolute atomic E-state index is 13.9. The van der Waals surface area contributed by atoms with Crippen LogP contribution in [0.4, 0.5) is 10.1 Å². The molecule has 5 nitrogen and oxygen atoms in total. The molecule has 0 amide bonds. The number of hydrogen-bond acceptors (Lipinski definition) is 4. The minimum atomic E-state index is -3.48. The van der Waals surface area contributed by atoms with Gasteiger partial charge in [0.25, 0.3) is 0 Å². The maximum atomic E-state index is 13.9. The van der Waals surface area contributed by atoms with Crippen molar-refractivity contribution >= 4 is 15.7 Å². The lowest BCUT2D eigenvalue weighted by molar-refractivity contribution is 0.255. The number of piperazine rings is 1. The number of nitrogens with zero attached hydrogens (tertiary/aromatic N) is 2. The first-order chi connectivity index (χ1) is 13.4. The molecule has 0 radical (unpaired) electrons. The first kappa shape index (κ1) is 20.8. The molecule has 1 heterocycles. The molecule has 0 bridgehead atoms. The zero-order valence-electron chi connectivity index (χ0n) is 16.5. The van der Waals surface area contributed by atoms with Crippen molar-refractivity contribution in [1.82, 2.24) is 9.62 Å². The lowest BCUT2D eigenvalue weighted by atomic mass is 10.2. The molecule has 2 aromatic carbocycles. The summed E-state index contributed by atoms with van der Waals surface area (Å²) in [4.78, 5) is 4.71. The highest BCUT2D eigenvalue weighted by Crippen LogP contribution is 2.20. The zero-order valence-corrected chi connectivity index (χ0v) is 17.3. The van der Waals surface area contributed by atoms with Crippen molar-refractivity contribution < 1.29 is 12.8 Å². The van der Waals surface area contributed by atoms with Gasteiger partial charge in [0.1, 0.15) is 5.82 Å². The lowest BCUT2D eigenvalue weighted by Gasteiger charge is -2.36. The van der Waals surface area contributed by atoms with Gasteiger partial charge in [-0.3, -0.25) is 4.90 Å². The molecule has 0 aromatic heterocycles. The summed E-state index contributed by atoms with van der Waals surface area (Å²) in [6.07, 6.45) is 0.740. The van der Waals surface area contributed by atoms with Gasteiger partial charge in [0.05, 0.1) is 10.6 Å². The van der Waals surface area contributed by atoms with Gasteiger partial charge in [-0.15, -0.1) is 0 Å². The van der Waals surface area contributed by atoms with E-state index >= 15 is 0 Å². The van der Waals surface area contributed by atoms with Crippen LogP contribution >= 0.6 is 0 Å². The number of nitrogens with one attached hydrogen (secondary N) is 1. The molecule has 1 N–H and O–H groups in total. The van der Waals surface area contributed by atoms with E-state index in [1.165, 1.54) is 6.07 Å². The molecule has 2 aromatic rings. The molecule has 1 saturated heterocycles. The fourth-order valence-corrected chi connectivity index (χ4v) is 4.91. The second-order valence-electron chi connectivity index (χ2n) is 7.30. The molecular weight excluding hydrogens is 377 g/mol. The number of anilines is 1. The van der Waals surface area contributed by atoms with Crippen LogP contribution in [0.15, 0.2) is 47.4 Å². The Bertz CT molecular complexity index is 910. The molecule has 1 aliphatic rings. The van der Waals surface area contributed by atoms with E-state index in [1.807, 2.05) is 38.1 Å². The molecule has 28 heavy (non-hydrogen) atoms. The van der Waals surface area contributed by atoms with Gasteiger partial charge in [0, 0.05) is 32.7 Å². The van der Waals surface area contributed by atoms with E-state index < -0.39 is 10.0 Å². The second-order valence-corrected chi connectivity index (χ2v) is 9.04. The Morgan fingerprint density at radius 3 is 2.46 bits per heavy atom. The summed E-state index contributed by atoms with van der Waals surface area (Å²) in [5.41, 5.74) is 2.34. The van der Waals surface area contributed by atoms with Crippen LogP contribution in [0.25, 0.3) is 0 Å². The fourth-order valence-electron chi connectivity index (χ4n) is 3.50. The normalized spacial score (nSPS) is 15.8. The average Bonchev–Trinajstić information content (AvgIpc) is 2.68. The van der Waals surface area contributed by atoms with Crippen molar-refractivity contribution in [2.45, 2.75) is 25.2 Å². The summed E-state index contributed by atoms with van der Waals surface area (Å²) in [6, 6.07) is 12.3. The third kappa shape index (κ3) is 5.10.